The fourth-order valence-electron chi connectivity index (χ4n) is 2.62. The number of hydrogen-bond donors (Lipinski definition) is 3. The number of benzene rings is 2. The minimum atomic E-state index is -1.17. The Bertz CT molecular complexity index is 926. The molecule has 7 heteroatoms. The number of urea groups is 1. The van der Waals surface area contributed by atoms with E-state index in [1.807, 2.05) is 6.07 Å². The Morgan fingerprint density at radius 2 is 1.92 bits per heavy atom. The molecular formula is C19H16ClN3O3. The molecule has 1 saturated heterocycles. The van der Waals surface area contributed by atoms with Crippen molar-refractivity contribution in [2.24, 2.45) is 0 Å². The monoisotopic (exact) mass is 369 g/mol. The van der Waals surface area contributed by atoms with Crippen LogP contribution >= 0.6 is 11.6 Å². The molecule has 3 rings (SSSR count). The molecule has 1 fully saturated rings. The molecule has 1 aliphatic rings. The van der Waals surface area contributed by atoms with E-state index in [4.69, 9.17) is 11.6 Å². The van der Waals surface area contributed by atoms with E-state index in [0.29, 0.717) is 16.3 Å². The zero-order chi connectivity index (χ0) is 18.7. The van der Waals surface area contributed by atoms with Gasteiger partial charge in [-0.2, -0.15) is 0 Å². The van der Waals surface area contributed by atoms with Crippen LogP contribution in [0.5, 0.6) is 0 Å². The molecule has 0 spiro atoms. The van der Waals surface area contributed by atoms with Gasteiger partial charge in [0.2, 0.25) is 5.91 Å². The number of amides is 4. The van der Waals surface area contributed by atoms with Crippen molar-refractivity contribution >= 4 is 41.2 Å². The van der Waals surface area contributed by atoms with Gasteiger partial charge in [0.05, 0.1) is 0 Å². The highest BCUT2D eigenvalue weighted by atomic mass is 35.5. The fraction of sp³-hybridized carbons (Fsp3) is 0.105. The number of carbonyl (C=O) groups is 3. The SMILES string of the molecule is C[C@]1(c2cccc(NC(=O)/C=C/c3cccc(Cl)c3)c2)NC(=O)NC1=O. The van der Waals surface area contributed by atoms with E-state index >= 15 is 0 Å². The lowest BCUT2D eigenvalue weighted by atomic mass is 9.92. The third-order valence-electron chi connectivity index (χ3n) is 4.03. The van der Waals surface area contributed by atoms with Crippen LogP contribution in [0.3, 0.4) is 0 Å². The first kappa shape index (κ1) is 17.7. The molecule has 6 nitrogen and oxygen atoms in total. The van der Waals surface area contributed by atoms with Crippen LogP contribution in [0.1, 0.15) is 18.1 Å². The van der Waals surface area contributed by atoms with Crippen molar-refractivity contribution in [2.45, 2.75) is 12.5 Å². The topological polar surface area (TPSA) is 87.3 Å². The molecule has 1 atom stereocenters. The molecule has 0 saturated carbocycles. The van der Waals surface area contributed by atoms with Crippen LogP contribution in [0, 0.1) is 0 Å². The van der Waals surface area contributed by atoms with Crippen LogP contribution in [0.25, 0.3) is 6.08 Å². The normalized spacial score (nSPS) is 19.3. The van der Waals surface area contributed by atoms with Crippen molar-refractivity contribution < 1.29 is 14.4 Å². The van der Waals surface area contributed by atoms with Crippen molar-refractivity contribution in [3.63, 3.8) is 0 Å². The number of anilines is 1. The molecule has 26 heavy (non-hydrogen) atoms. The van der Waals surface area contributed by atoms with E-state index < -0.39 is 17.5 Å². The zero-order valence-corrected chi connectivity index (χ0v) is 14.6. The fourth-order valence-corrected chi connectivity index (χ4v) is 2.82. The van der Waals surface area contributed by atoms with Gasteiger partial charge < -0.3 is 10.6 Å². The highest BCUT2D eigenvalue weighted by Crippen LogP contribution is 2.26. The van der Waals surface area contributed by atoms with Crippen LogP contribution < -0.4 is 16.0 Å². The molecule has 3 N–H and O–H groups in total. The lowest BCUT2D eigenvalue weighted by molar-refractivity contribution is -0.123. The summed E-state index contributed by atoms with van der Waals surface area (Å²) in [6, 6.07) is 13.3. The minimum absolute atomic E-state index is 0.327. The maximum atomic E-state index is 12.1. The maximum Gasteiger partial charge on any atom is 0.322 e. The molecule has 0 aromatic heterocycles. The van der Waals surface area contributed by atoms with Crippen molar-refractivity contribution in [3.05, 3.63) is 70.8 Å². The number of halogens is 1. The number of rotatable bonds is 4. The first-order valence-corrected chi connectivity index (χ1v) is 8.23. The highest BCUT2D eigenvalue weighted by molar-refractivity contribution is 6.30. The van der Waals surface area contributed by atoms with Crippen molar-refractivity contribution in [3.8, 4) is 0 Å². The van der Waals surface area contributed by atoms with E-state index in [-0.39, 0.29) is 5.91 Å². The van der Waals surface area contributed by atoms with Crippen LogP contribution in [0.4, 0.5) is 10.5 Å². The summed E-state index contributed by atoms with van der Waals surface area (Å²) in [4.78, 5) is 35.6. The smallest absolute Gasteiger partial charge is 0.322 e. The van der Waals surface area contributed by atoms with Gasteiger partial charge in [0, 0.05) is 16.8 Å². The lowest BCUT2D eigenvalue weighted by Crippen LogP contribution is -2.40. The second-order valence-electron chi connectivity index (χ2n) is 5.99. The lowest BCUT2D eigenvalue weighted by Gasteiger charge is -2.21. The van der Waals surface area contributed by atoms with Gasteiger partial charge in [-0.15, -0.1) is 0 Å². The summed E-state index contributed by atoms with van der Waals surface area (Å²) in [5, 5.41) is 8.12. The predicted molar refractivity (Wildman–Crippen MR) is 99.6 cm³/mol. The second kappa shape index (κ2) is 7.01. The summed E-state index contributed by atoms with van der Waals surface area (Å²) in [7, 11) is 0. The Kier molecular flexibility index (Phi) is 4.77. The van der Waals surface area contributed by atoms with E-state index in [1.165, 1.54) is 6.08 Å². The van der Waals surface area contributed by atoms with Crippen LogP contribution in [-0.4, -0.2) is 17.8 Å². The summed E-state index contributed by atoms with van der Waals surface area (Å²) < 4.78 is 0. The van der Waals surface area contributed by atoms with E-state index in [1.54, 1.807) is 55.5 Å². The van der Waals surface area contributed by atoms with E-state index in [0.717, 1.165) is 5.56 Å². The van der Waals surface area contributed by atoms with E-state index in [2.05, 4.69) is 16.0 Å². The molecule has 0 radical (unpaired) electrons. The summed E-state index contributed by atoms with van der Waals surface area (Å²) in [6.07, 6.45) is 3.04. The van der Waals surface area contributed by atoms with Gasteiger partial charge in [-0.1, -0.05) is 35.9 Å². The first-order chi connectivity index (χ1) is 12.4. The first-order valence-electron chi connectivity index (χ1n) is 7.85. The van der Waals surface area contributed by atoms with Gasteiger partial charge >= 0.3 is 6.03 Å². The van der Waals surface area contributed by atoms with E-state index in [9.17, 15) is 14.4 Å². The number of imide groups is 1. The Morgan fingerprint density at radius 1 is 1.15 bits per heavy atom. The average Bonchev–Trinajstić information content (AvgIpc) is 2.86. The third-order valence-corrected chi connectivity index (χ3v) is 4.26. The number of carbonyl (C=O) groups excluding carboxylic acids is 3. The number of hydrogen-bond acceptors (Lipinski definition) is 3. The molecule has 0 aliphatic carbocycles. The van der Waals surface area contributed by atoms with Crippen LogP contribution in [0.2, 0.25) is 5.02 Å². The van der Waals surface area contributed by atoms with Gasteiger partial charge in [0.15, 0.2) is 0 Å². The summed E-state index contributed by atoms with van der Waals surface area (Å²) >= 11 is 5.91. The summed E-state index contributed by atoms with van der Waals surface area (Å²) in [6.45, 7) is 1.60. The Morgan fingerprint density at radius 3 is 2.62 bits per heavy atom. The van der Waals surface area contributed by atoms with Gasteiger partial charge in [-0.05, 0) is 48.4 Å². The van der Waals surface area contributed by atoms with Gasteiger partial charge in [-0.25, -0.2) is 4.79 Å². The zero-order valence-electron chi connectivity index (χ0n) is 13.9. The summed E-state index contributed by atoms with van der Waals surface area (Å²) in [5.74, 6) is -0.765. The molecule has 0 bridgehead atoms. The van der Waals surface area contributed by atoms with Crippen LogP contribution in [-0.2, 0) is 15.1 Å². The van der Waals surface area contributed by atoms with Crippen molar-refractivity contribution in [1.82, 2.24) is 10.6 Å². The maximum absolute atomic E-state index is 12.1. The molecule has 1 aliphatic heterocycles. The minimum Gasteiger partial charge on any atom is -0.323 e. The van der Waals surface area contributed by atoms with Gasteiger partial charge in [-0.3, -0.25) is 14.9 Å². The summed E-state index contributed by atoms with van der Waals surface area (Å²) in [5.41, 5.74) is 0.712. The largest absolute Gasteiger partial charge is 0.323 e. The molecule has 132 valence electrons. The van der Waals surface area contributed by atoms with Gasteiger partial charge in [0.25, 0.3) is 5.91 Å². The second-order valence-corrected chi connectivity index (χ2v) is 6.43. The molecule has 2 aromatic carbocycles. The Hall–Kier alpha value is -3.12. The van der Waals surface area contributed by atoms with Crippen molar-refractivity contribution in [2.75, 3.05) is 5.32 Å². The quantitative estimate of drug-likeness (QED) is 0.571. The average molecular weight is 370 g/mol. The predicted octanol–water partition coefficient (Wildman–Crippen LogP) is 3.05. The van der Waals surface area contributed by atoms with Crippen molar-refractivity contribution in [1.29, 1.82) is 0 Å². The Balaban J connectivity index is 1.74. The van der Waals surface area contributed by atoms with Crippen LogP contribution in [0.15, 0.2) is 54.6 Å². The molecule has 2 aromatic rings. The standard InChI is InChI=1S/C19H16ClN3O3/c1-19(17(25)22-18(26)23-19)13-5-3-7-15(11-13)21-16(24)9-8-12-4-2-6-14(20)10-12/h2-11H,1H3,(H,21,24)(H2,22,23,25,26)/b9-8+/t19-/m1/s1. The molecular weight excluding hydrogens is 354 g/mol. The van der Waals surface area contributed by atoms with Gasteiger partial charge in [0.1, 0.15) is 5.54 Å². The highest BCUT2D eigenvalue weighted by Gasteiger charge is 2.43. The molecule has 4 amide bonds. The number of nitrogens with one attached hydrogen (secondary N) is 3. The molecule has 1 heterocycles. The third kappa shape index (κ3) is 3.75. The Labute approximate surface area is 155 Å². The molecule has 0 unspecified atom stereocenters.